The maximum atomic E-state index is 10.6. The van der Waals surface area contributed by atoms with E-state index in [1.165, 1.54) is 12.1 Å². The van der Waals surface area contributed by atoms with Crippen LogP contribution in [-0.4, -0.2) is 24.1 Å². The van der Waals surface area contributed by atoms with E-state index >= 15 is 0 Å². The summed E-state index contributed by atoms with van der Waals surface area (Å²) in [7, 11) is 0. The average molecular weight is 291 g/mol. The first-order valence-electron chi connectivity index (χ1n) is 5.57. The first-order chi connectivity index (χ1) is 8.58. The molecule has 98 valence electrons. The van der Waals surface area contributed by atoms with E-state index in [0.29, 0.717) is 12.4 Å². The van der Waals surface area contributed by atoms with Gasteiger partial charge < -0.3 is 10.1 Å². The van der Waals surface area contributed by atoms with Crippen LogP contribution in [0.1, 0.15) is 12.8 Å². The minimum atomic E-state index is -0.542. The molecule has 0 aliphatic carbocycles. The smallest absolute Gasteiger partial charge is 0.272 e. The number of rotatable bonds is 4. The molecule has 0 saturated carbocycles. The van der Waals surface area contributed by atoms with Crippen LogP contribution in [-0.2, 0) is 0 Å². The van der Waals surface area contributed by atoms with Crippen molar-refractivity contribution >= 4 is 28.9 Å². The van der Waals surface area contributed by atoms with Crippen LogP contribution in [0.5, 0.6) is 5.75 Å². The fourth-order valence-corrected chi connectivity index (χ4v) is 2.46. The molecule has 0 bridgehead atoms. The summed E-state index contributed by atoms with van der Waals surface area (Å²) in [5.74, 6) is 0.303. The largest absolute Gasteiger partial charge is 0.489 e. The molecule has 2 rings (SSSR count). The number of nitrogens with one attached hydrogen (secondary N) is 1. The molecule has 1 heterocycles. The summed E-state index contributed by atoms with van der Waals surface area (Å²) in [6.07, 6.45) is 2.16. The van der Waals surface area contributed by atoms with E-state index in [9.17, 15) is 10.1 Å². The van der Waals surface area contributed by atoms with Crippen molar-refractivity contribution in [3.63, 3.8) is 0 Å². The van der Waals surface area contributed by atoms with Crippen molar-refractivity contribution < 1.29 is 9.66 Å². The zero-order valence-electron chi connectivity index (χ0n) is 9.49. The molecule has 1 aliphatic heterocycles. The Kier molecular flexibility index (Phi) is 4.27. The molecular weight excluding hydrogens is 279 g/mol. The highest BCUT2D eigenvalue weighted by Crippen LogP contribution is 2.36. The van der Waals surface area contributed by atoms with Crippen LogP contribution >= 0.6 is 23.2 Å². The Morgan fingerprint density at radius 2 is 2.11 bits per heavy atom. The summed E-state index contributed by atoms with van der Waals surface area (Å²) in [5, 5.41) is 14.2. The lowest BCUT2D eigenvalue weighted by molar-refractivity contribution is -0.384. The lowest BCUT2D eigenvalue weighted by Gasteiger charge is -2.14. The van der Waals surface area contributed by atoms with Gasteiger partial charge in [0, 0.05) is 18.2 Å². The quantitative estimate of drug-likeness (QED) is 0.684. The molecule has 1 aromatic carbocycles. The minimum Gasteiger partial charge on any atom is -0.489 e. The molecule has 1 aliphatic rings. The van der Waals surface area contributed by atoms with Gasteiger partial charge in [-0.15, -0.1) is 0 Å². The van der Waals surface area contributed by atoms with Crippen LogP contribution in [0.4, 0.5) is 5.69 Å². The minimum absolute atomic E-state index is 0.142. The fourth-order valence-electron chi connectivity index (χ4n) is 1.87. The number of nitrogens with zero attached hydrogens (tertiary/aromatic N) is 1. The van der Waals surface area contributed by atoms with Gasteiger partial charge in [-0.1, -0.05) is 23.2 Å². The monoisotopic (exact) mass is 290 g/mol. The summed E-state index contributed by atoms with van der Waals surface area (Å²) in [5.41, 5.74) is -0.142. The zero-order chi connectivity index (χ0) is 13.1. The lowest BCUT2D eigenvalue weighted by Crippen LogP contribution is -2.28. The summed E-state index contributed by atoms with van der Waals surface area (Å²) in [6.45, 7) is 1.44. The predicted octanol–water partition coefficient (Wildman–Crippen LogP) is 3.03. The van der Waals surface area contributed by atoms with Gasteiger partial charge in [-0.3, -0.25) is 10.1 Å². The molecule has 0 unspecified atom stereocenters. The molecule has 1 N–H and O–H groups in total. The Morgan fingerprint density at radius 3 is 2.61 bits per heavy atom. The van der Waals surface area contributed by atoms with E-state index in [0.717, 1.165) is 19.4 Å². The molecular formula is C11H12Cl2N2O3. The summed E-state index contributed by atoms with van der Waals surface area (Å²) < 4.78 is 5.54. The first kappa shape index (κ1) is 13.4. The molecule has 1 saturated heterocycles. The predicted molar refractivity (Wildman–Crippen MR) is 69.6 cm³/mol. The van der Waals surface area contributed by atoms with Crippen LogP contribution in [0.2, 0.25) is 10.0 Å². The van der Waals surface area contributed by atoms with E-state index in [4.69, 9.17) is 27.9 Å². The van der Waals surface area contributed by atoms with Gasteiger partial charge in [-0.2, -0.15) is 0 Å². The summed E-state index contributed by atoms with van der Waals surface area (Å²) in [4.78, 5) is 10.1. The lowest BCUT2D eigenvalue weighted by atomic mass is 10.2. The maximum Gasteiger partial charge on any atom is 0.272 e. The number of ether oxygens (including phenoxy) is 1. The van der Waals surface area contributed by atoms with Crippen LogP contribution < -0.4 is 10.1 Å². The topological polar surface area (TPSA) is 64.4 Å². The maximum absolute atomic E-state index is 10.6. The van der Waals surface area contributed by atoms with E-state index in [-0.39, 0.29) is 21.8 Å². The standard InChI is InChI=1S/C11H12Cl2N2O3/c12-9-4-8(15(16)17)5-10(13)11(9)18-6-7-2-1-3-14-7/h4-5,7,14H,1-3,6H2/t7-/m0/s1. The second-order valence-electron chi connectivity index (χ2n) is 4.10. The zero-order valence-corrected chi connectivity index (χ0v) is 11.0. The number of non-ortho nitro benzene ring substituents is 1. The highest BCUT2D eigenvalue weighted by molar-refractivity contribution is 6.37. The van der Waals surface area contributed by atoms with Crippen molar-refractivity contribution in [2.24, 2.45) is 0 Å². The first-order valence-corrected chi connectivity index (χ1v) is 6.33. The second-order valence-corrected chi connectivity index (χ2v) is 4.91. The van der Waals surface area contributed by atoms with Crippen LogP contribution in [0.15, 0.2) is 12.1 Å². The number of hydrogen-bond donors (Lipinski definition) is 1. The Labute approximate surface area is 114 Å². The molecule has 1 aromatic rings. The number of benzene rings is 1. The van der Waals surface area contributed by atoms with E-state index in [2.05, 4.69) is 5.32 Å². The second kappa shape index (κ2) is 5.73. The van der Waals surface area contributed by atoms with Crippen molar-refractivity contribution in [3.05, 3.63) is 32.3 Å². The Bertz CT molecular complexity index is 439. The fraction of sp³-hybridized carbons (Fsp3) is 0.455. The Morgan fingerprint density at radius 1 is 1.44 bits per heavy atom. The summed E-state index contributed by atoms with van der Waals surface area (Å²) >= 11 is 11.9. The Balaban J connectivity index is 2.10. The Hall–Kier alpha value is -1.04. The molecule has 1 atom stereocenters. The van der Waals surface area contributed by atoms with Crippen molar-refractivity contribution in [1.29, 1.82) is 0 Å². The molecule has 18 heavy (non-hydrogen) atoms. The molecule has 1 fully saturated rings. The van der Waals surface area contributed by atoms with Gasteiger partial charge in [0.1, 0.15) is 6.61 Å². The van der Waals surface area contributed by atoms with Gasteiger partial charge in [0.15, 0.2) is 5.75 Å². The highest BCUT2D eigenvalue weighted by atomic mass is 35.5. The van der Waals surface area contributed by atoms with Crippen LogP contribution in [0, 0.1) is 10.1 Å². The SMILES string of the molecule is O=[N+]([O-])c1cc(Cl)c(OC[C@@H]2CCCN2)c(Cl)c1. The number of nitro benzene ring substituents is 1. The third kappa shape index (κ3) is 3.04. The normalized spacial score (nSPS) is 18.9. The summed E-state index contributed by atoms with van der Waals surface area (Å²) in [6, 6.07) is 2.77. The van der Waals surface area contributed by atoms with Crippen LogP contribution in [0.25, 0.3) is 0 Å². The van der Waals surface area contributed by atoms with E-state index < -0.39 is 4.92 Å². The van der Waals surface area contributed by atoms with Gasteiger partial charge in [-0.25, -0.2) is 0 Å². The number of hydrogen-bond acceptors (Lipinski definition) is 4. The molecule has 0 spiro atoms. The molecule has 0 radical (unpaired) electrons. The van der Waals surface area contributed by atoms with Crippen molar-refractivity contribution in [1.82, 2.24) is 5.32 Å². The number of halogens is 2. The molecule has 0 aromatic heterocycles. The third-order valence-corrected chi connectivity index (χ3v) is 3.35. The van der Waals surface area contributed by atoms with Gasteiger partial charge >= 0.3 is 0 Å². The molecule has 5 nitrogen and oxygen atoms in total. The van der Waals surface area contributed by atoms with E-state index in [1.807, 2.05) is 0 Å². The average Bonchev–Trinajstić information content (AvgIpc) is 2.80. The highest BCUT2D eigenvalue weighted by Gasteiger charge is 2.19. The van der Waals surface area contributed by atoms with E-state index in [1.54, 1.807) is 0 Å². The van der Waals surface area contributed by atoms with Crippen molar-refractivity contribution in [2.45, 2.75) is 18.9 Å². The number of nitro groups is 1. The van der Waals surface area contributed by atoms with Gasteiger partial charge in [0.25, 0.3) is 5.69 Å². The van der Waals surface area contributed by atoms with Gasteiger partial charge in [-0.05, 0) is 19.4 Å². The van der Waals surface area contributed by atoms with Gasteiger partial charge in [0.05, 0.1) is 15.0 Å². The molecule has 0 amide bonds. The van der Waals surface area contributed by atoms with Gasteiger partial charge in [0.2, 0.25) is 0 Å². The third-order valence-electron chi connectivity index (χ3n) is 2.79. The van der Waals surface area contributed by atoms with Crippen molar-refractivity contribution in [2.75, 3.05) is 13.2 Å². The molecule has 7 heteroatoms. The van der Waals surface area contributed by atoms with Crippen molar-refractivity contribution in [3.8, 4) is 5.75 Å². The van der Waals surface area contributed by atoms with Crippen LogP contribution in [0.3, 0.4) is 0 Å².